The van der Waals surface area contributed by atoms with Crippen LogP contribution >= 0.6 is 0 Å². The Labute approximate surface area is 167 Å². The van der Waals surface area contributed by atoms with Crippen LogP contribution in [0.1, 0.15) is 23.6 Å². The van der Waals surface area contributed by atoms with Crippen LogP contribution in [0.15, 0.2) is 65.8 Å². The lowest BCUT2D eigenvalue weighted by molar-refractivity contribution is -0.384. The number of rotatable bonds is 6. The molecule has 0 aliphatic carbocycles. The van der Waals surface area contributed by atoms with Gasteiger partial charge in [0.25, 0.3) is 5.69 Å². The number of hydrogen-bond acceptors (Lipinski definition) is 5. The van der Waals surface area contributed by atoms with Crippen LogP contribution in [0.3, 0.4) is 0 Å². The van der Waals surface area contributed by atoms with E-state index in [0.29, 0.717) is 16.8 Å². The fraction of sp³-hybridized carbons (Fsp3) is 0.136. The Kier molecular flexibility index (Phi) is 5.87. The number of non-ortho nitro benzene ring substituents is 1. The zero-order valence-corrected chi connectivity index (χ0v) is 15.9. The maximum Gasteiger partial charge on any atom is 0.269 e. The lowest BCUT2D eigenvalue weighted by Crippen LogP contribution is -2.01. The molecule has 0 amide bonds. The van der Waals surface area contributed by atoms with Gasteiger partial charge in [0.15, 0.2) is 0 Å². The first-order valence-electron chi connectivity index (χ1n) is 8.85. The highest BCUT2D eigenvalue weighted by Gasteiger charge is 2.12. The quantitative estimate of drug-likeness (QED) is 0.347. The van der Waals surface area contributed by atoms with Gasteiger partial charge in [-0.15, -0.1) is 0 Å². The molecule has 0 aliphatic rings. The molecule has 0 aromatic heterocycles. The Morgan fingerprint density at radius 1 is 1.14 bits per heavy atom. The van der Waals surface area contributed by atoms with E-state index in [1.807, 2.05) is 6.07 Å². The molecule has 0 fully saturated rings. The van der Waals surface area contributed by atoms with Crippen LogP contribution in [0.4, 0.5) is 10.1 Å². The van der Waals surface area contributed by atoms with E-state index in [4.69, 9.17) is 4.84 Å². The summed E-state index contributed by atoms with van der Waals surface area (Å²) in [4.78, 5) is 15.6. The van der Waals surface area contributed by atoms with Crippen molar-refractivity contribution in [2.45, 2.75) is 20.5 Å². The van der Waals surface area contributed by atoms with Crippen LogP contribution in [0, 0.1) is 22.9 Å². The third-order valence-corrected chi connectivity index (χ3v) is 4.46. The fourth-order valence-electron chi connectivity index (χ4n) is 2.83. The van der Waals surface area contributed by atoms with E-state index in [2.05, 4.69) is 5.16 Å². The maximum absolute atomic E-state index is 13.3. The molecule has 0 spiro atoms. The van der Waals surface area contributed by atoms with Crippen molar-refractivity contribution in [3.05, 3.63) is 93.3 Å². The smallest absolute Gasteiger partial charge is 0.269 e. The van der Waals surface area contributed by atoms with Crippen molar-refractivity contribution in [3.8, 4) is 16.9 Å². The van der Waals surface area contributed by atoms with E-state index < -0.39 is 4.92 Å². The van der Waals surface area contributed by atoms with Crippen molar-refractivity contribution >= 4 is 11.4 Å². The SMILES string of the molecule is C/C(=N\OCc1ccc([N+](=O)[O-])cc1)c1cc(O)c(C)cc1-c1ccc(F)cc1. The highest BCUT2D eigenvalue weighted by atomic mass is 19.1. The first kappa shape index (κ1) is 20.0. The minimum Gasteiger partial charge on any atom is -0.508 e. The normalized spacial score (nSPS) is 11.3. The van der Waals surface area contributed by atoms with Crippen molar-refractivity contribution < 1.29 is 19.3 Å². The molecule has 29 heavy (non-hydrogen) atoms. The molecule has 0 unspecified atom stereocenters. The van der Waals surface area contributed by atoms with Crippen molar-refractivity contribution in [1.82, 2.24) is 0 Å². The standard InChI is InChI=1S/C22H19FN2O4/c1-14-11-21(17-5-7-18(23)8-6-17)20(12-22(14)26)15(2)24-29-13-16-3-9-19(10-4-16)25(27)28/h3-12,26H,13H2,1-2H3/b24-15+. The average molecular weight is 394 g/mol. The van der Waals surface area contributed by atoms with Gasteiger partial charge in [-0.3, -0.25) is 10.1 Å². The molecule has 6 nitrogen and oxygen atoms in total. The molecule has 0 radical (unpaired) electrons. The summed E-state index contributed by atoms with van der Waals surface area (Å²) in [6.07, 6.45) is 0. The number of benzene rings is 3. The zero-order valence-electron chi connectivity index (χ0n) is 15.9. The van der Waals surface area contributed by atoms with E-state index in [1.54, 1.807) is 44.2 Å². The number of aryl methyl sites for hydroxylation is 1. The fourth-order valence-corrected chi connectivity index (χ4v) is 2.83. The van der Waals surface area contributed by atoms with Crippen LogP contribution in [-0.4, -0.2) is 15.7 Å². The zero-order chi connectivity index (χ0) is 21.0. The van der Waals surface area contributed by atoms with Gasteiger partial charge in [0.05, 0.1) is 10.6 Å². The monoisotopic (exact) mass is 394 g/mol. The third-order valence-electron chi connectivity index (χ3n) is 4.46. The van der Waals surface area contributed by atoms with Gasteiger partial charge in [-0.25, -0.2) is 4.39 Å². The first-order valence-corrected chi connectivity index (χ1v) is 8.85. The molecule has 148 valence electrons. The summed E-state index contributed by atoms with van der Waals surface area (Å²) >= 11 is 0. The Morgan fingerprint density at radius 3 is 2.41 bits per heavy atom. The number of nitro benzene ring substituents is 1. The summed E-state index contributed by atoms with van der Waals surface area (Å²) in [6.45, 7) is 3.66. The minimum absolute atomic E-state index is 0.00695. The highest BCUT2D eigenvalue weighted by Crippen LogP contribution is 2.31. The molecule has 0 heterocycles. The molecule has 3 aromatic carbocycles. The van der Waals surface area contributed by atoms with Gasteiger partial charge < -0.3 is 9.94 Å². The second-order valence-electron chi connectivity index (χ2n) is 6.56. The van der Waals surface area contributed by atoms with Gasteiger partial charge in [-0.1, -0.05) is 17.3 Å². The predicted octanol–water partition coefficient (Wildman–Crippen LogP) is 5.36. The van der Waals surface area contributed by atoms with Gasteiger partial charge in [0.2, 0.25) is 0 Å². The van der Waals surface area contributed by atoms with Crippen LogP contribution in [0.25, 0.3) is 11.1 Å². The van der Waals surface area contributed by atoms with Crippen LogP contribution in [-0.2, 0) is 11.4 Å². The Hall–Kier alpha value is -3.74. The van der Waals surface area contributed by atoms with Crippen LogP contribution in [0.2, 0.25) is 0 Å². The molecule has 0 bridgehead atoms. The number of phenols is 1. The molecule has 0 aliphatic heterocycles. The number of oxime groups is 1. The second kappa shape index (κ2) is 8.52. The molecule has 0 atom stereocenters. The lowest BCUT2D eigenvalue weighted by atomic mass is 9.94. The first-order chi connectivity index (χ1) is 13.8. The van der Waals surface area contributed by atoms with Crippen molar-refractivity contribution in [2.24, 2.45) is 5.16 Å². The van der Waals surface area contributed by atoms with Gasteiger partial charge in [-0.2, -0.15) is 0 Å². The van der Waals surface area contributed by atoms with Gasteiger partial charge in [-0.05, 0) is 72.5 Å². The summed E-state index contributed by atoms with van der Waals surface area (Å²) < 4.78 is 13.3. The molecule has 7 heteroatoms. The van der Waals surface area contributed by atoms with Crippen LogP contribution < -0.4 is 0 Å². The number of phenolic OH excluding ortho intramolecular Hbond substituents is 1. The number of nitrogens with zero attached hydrogens (tertiary/aromatic N) is 2. The van der Waals surface area contributed by atoms with E-state index in [-0.39, 0.29) is 23.9 Å². The topological polar surface area (TPSA) is 85.0 Å². The predicted molar refractivity (Wildman–Crippen MR) is 108 cm³/mol. The van der Waals surface area contributed by atoms with E-state index in [0.717, 1.165) is 16.7 Å². The maximum atomic E-state index is 13.3. The average Bonchev–Trinajstić information content (AvgIpc) is 2.70. The highest BCUT2D eigenvalue weighted by molar-refractivity contribution is 6.04. The largest absolute Gasteiger partial charge is 0.508 e. The molecule has 3 aromatic rings. The summed E-state index contributed by atoms with van der Waals surface area (Å²) in [5, 5.41) is 24.9. The van der Waals surface area contributed by atoms with Crippen molar-refractivity contribution in [1.29, 1.82) is 0 Å². The summed E-state index contributed by atoms with van der Waals surface area (Å²) in [7, 11) is 0. The third kappa shape index (κ3) is 4.76. The molecule has 0 saturated carbocycles. The van der Waals surface area contributed by atoms with Crippen molar-refractivity contribution in [3.63, 3.8) is 0 Å². The van der Waals surface area contributed by atoms with Gasteiger partial charge >= 0.3 is 0 Å². The minimum atomic E-state index is -0.465. The number of aromatic hydroxyl groups is 1. The van der Waals surface area contributed by atoms with Gasteiger partial charge in [0, 0.05) is 17.7 Å². The Balaban J connectivity index is 1.83. The summed E-state index contributed by atoms with van der Waals surface area (Å²) in [5.41, 5.74) is 4.19. The summed E-state index contributed by atoms with van der Waals surface area (Å²) in [6, 6.07) is 15.5. The lowest BCUT2D eigenvalue weighted by Gasteiger charge is -2.12. The molecule has 0 saturated heterocycles. The number of halogens is 1. The molecule has 3 rings (SSSR count). The van der Waals surface area contributed by atoms with Crippen LogP contribution in [0.5, 0.6) is 5.75 Å². The molecular formula is C22H19FN2O4. The molecule has 1 N–H and O–H groups in total. The Morgan fingerprint density at radius 2 is 1.79 bits per heavy atom. The summed E-state index contributed by atoms with van der Waals surface area (Å²) in [5.74, 6) is -0.210. The number of nitro groups is 1. The van der Waals surface area contributed by atoms with E-state index in [9.17, 15) is 19.6 Å². The van der Waals surface area contributed by atoms with Gasteiger partial charge in [0.1, 0.15) is 18.2 Å². The van der Waals surface area contributed by atoms with Crippen molar-refractivity contribution in [2.75, 3.05) is 0 Å². The van der Waals surface area contributed by atoms with E-state index in [1.165, 1.54) is 24.3 Å². The molecular weight excluding hydrogens is 375 g/mol. The number of hydrogen-bond donors (Lipinski definition) is 1. The second-order valence-corrected chi connectivity index (χ2v) is 6.56. The van der Waals surface area contributed by atoms with E-state index >= 15 is 0 Å². The Bertz CT molecular complexity index is 1060.